The van der Waals surface area contributed by atoms with Gasteiger partial charge in [0.2, 0.25) is 11.8 Å². The van der Waals surface area contributed by atoms with Crippen molar-refractivity contribution in [1.82, 2.24) is 15.3 Å². The molecule has 1 aliphatic carbocycles. The van der Waals surface area contributed by atoms with Gasteiger partial charge in [0.05, 0.1) is 23.3 Å². The molecule has 236 valence electrons. The normalized spacial score (nSPS) is 22.5. The van der Waals surface area contributed by atoms with Crippen LogP contribution in [0, 0.1) is 31.6 Å². The van der Waals surface area contributed by atoms with Crippen molar-refractivity contribution in [3.8, 4) is 17.1 Å². The number of benzene rings is 2. The molecule has 1 aromatic heterocycles. The third kappa shape index (κ3) is 7.52. The van der Waals surface area contributed by atoms with Gasteiger partial charge in [-0.25, -0.2) is 22.9 Å². The van der Waals surface area contributed by atoms with Gasteiger partial charge < -0.3 is 14.8 Å². The summed E-state index contributed by atoms with van der Waals surface area (Å²) in [5.41, 5.74) is 4.56. The van der Waals surface area contributed by atoms with E-state index in [2.05, 4.69) is 33.9 Å². The van der Waals surface area contributed by atoms with Crippen molar-refractivity contribution < 1.29 is 22.7 Å². The number of nitrogens with zero attached hydrogens (tertiary/aromatic N) is 2. The second kappa shape index (κ2) is 13.1. The van der Waals surface area contributed by atoms with E-state index in [0.717, 1.165) is 47.9 Å². The van der Waals surface area contributed by atoms with Crippen LogP contribution < -0.4 is 14.8 Å². The van der Waals surface area contributed by atoms with E-state index in [-0.39, 0.29) is 40.9 Å². The molecule has 0 spiro atoms. The predicted octanol–water partition coefficient (Wildman–Crippen LogP) is 7.00. The minimum absolute atomic E-state index is 0.0212. The summed E-state index contributed by atoms with van der Waals surface area (Å²) in [6.45, 7) is 12.5. The zero-order valence-electron chi connectivity index (χ0n) is 26.5. The number of fused-ring (bicyclic) bond motifs is 4. The Morgan fingerprint density at radius 1 is 1.05 bits per heavy atom. The van der Waals surface area contributed by atoms with Crippen LogP contribution in [-0.4, -0.2) is 43.2 Å². The molecular formula is C34H44N4O5S. The lowest BCUT2D eigenvalue weighted by molar-refractivity contribution is 0.0966. The maximum atomic E-state index is 13.7. The van der Waals surface area contributed by atoms with Crippen molar-refractivity contribution in [2.24, 2.45) is 17.8 Å². The topological polar surface area (TPSA) is 120 Å². The maximum Gasteiger partial charge on any atom is 0.407 e. The van der Waals surface area contributed by atoms with Gasteiger partial charge in [-0.1, -0.05) is 44.2 Å². The number of amides is 1. The van der Waals surface area contributed by atoms with Crippen molar-refractivity contribution in [3.63, 3.8) is 0 Å². The fraction of sp³-hybridized carbons (Fsp3) is 0.500. The highest BCUT2D eigenvalue weighted by Crippen LogP contribution is 2.42. The lowest BCUT2D eigenvalue weighted by Crippen LogP contribution is -2.45. The number of aryl methyl sites for hydroxylation is 2. The van der Waals surface area contributed by atoms with Crippen LogP contribution in [0.4, 0.5) is 10.7 Å². The van der Waals surface area contributed by atoms with Crippen LogP contribution in [0.1, 0.15) is 76.0 Å². The standard InChI is InChI=1S/C34H44N4O5S/c1-20(2)13-26-19-42-31-18-30(32-22(5)9-7-10-23(32)6)36-33(37-31)38-44(40,41)28-12-8-11-25(17-28)29(26)16-24-14-27(15-24)35-34(39)43-21(3)4/h7-12,17-18,20-21,24,26-27,29H,13-16,19H2,1-6H3,(H,35,39)(H,36,37,38)/t24?,26-,27?,29?/m1/s1. The SMILES string of the molecule is Cc1cccc(C)c1-c1cc2nc(n1)NS(=O)(=O)c1cccc(c1)C(CC1CC(NC(=O)OC(C)C)C1)[C@H](CC(C)C)CO2. The summed E-state index contributed by atoms with van der Waals surface area (Å²) in [5.74, 6) is 1.27. The Balaban J connectivity index is 1.49. The minimum Gasteiger partial charge on any atom is -0.477 e. The van der Waals surface area contributed by atoms with Crippen LogP contribution in [-0.2, 0) is 14.8 Å². The van der Waals surface area contributed by atoms with Crippen LogP contribution in [0.15, 0.2) is 53.4 Å². The van der Waals surface area contributed by atoms with E-state index >= 15 is 0 Å². The molecule has 5 rings (SSSR count). The number of hydrogen-bond acceptors (Lipinski definition) is 7. The molecule has 10 heteroatoms. The molecule has 2 aromatic carbocycles. The fourth-order valence-electron chi connectivity index (χ4n) is 6.55. The smallest absolute Gasteiger partial charge is 0.407 e. The average molecular weight is 621 g/mol. The van der Waals surface area contributed by atoms with Crippen molar-refractivity contribution >= 4 is 22.1 Å². The average Bonchev–Trinajstić information content (AvgIpc) is 2.91. The molecule has 44 heavy (non-hydrogen) atoms. The molecule has 3 aromatic rings. The largest absolute Gasteiger partial charge is 0.477 e. The summed E-state index contributed by atoms with van der Waals surface area (Å²) < 4.78 is 41.6. The Hall–Kier alpha value is -3.66. The summed E-state index contributed by atoms with van der Waals surface area (Å²) in [5, 5.41) is 2.97. The molecule has 4 bridgehead atoms. The lowest BCUT2D eigenvalue weighted by Gasteiger charge is -2.40. The van der Waals surface area contributed by atoms with Crippen LogP contribution >= 0.6 is 0 Å². The van der Waals surface area contributed by atoms with E-state index in [4.69, 9.17) is 9.47 Å². The second-order valence-electron chi connectivity index (χ2n) is 13.0. The first-order valence-electron chi connectivity index (χ1n) is 15.6. The van der Waals surface area contributed by atoms with E-state index < -0.39 is 10.0 Å². The lowest BCUT2D eigenvalue weighted by atomic mass is 9.69. The first kappa shape index (κ1) is 31.8. The molecule has 9 nitrogen and oxygen atoms in total. The van der Waals surface area contributed by atoms with Crippen molar-refractivity contribution in [2.75, 3.05) is 11.3 Å². The van der Waals surface area contributed by atoms with Crippen LogP contribution in [0.2, 0.25) is 0 Å². The third-order valence-electron chi connectivity index (χ3n) is 8.54. The summed E-state index contributed by atoms with van der Waals surface area (Å²) in [6, 6.07) is 15.1. The molecule has 1 aliphatic heterocycles. The van der Waals surface area contributed by atoms with Gasteiger partial charge in [-0.15, -0.1) is 0 Å². The molecule has 0 radical (unpaired) electrons. The summed E-state index contributed by atoms with van der Waals surface area (Å²) >= 11 is 0. The van der Waals surface area contributed by atoms with Gasteiger partial charge in [-0.05, 0) is 100.0 Å². The number of aromatic nitrogens is 2. The number of carbonyl (C=O) groups excluding carboxylic acids is 1. The third-order valence-corrected chi connectivity index (χ3v) is 9.86. The maximum absolute atomic E-state index is 13.7. The number of sulfonamides is 1. The highest BCUT2D eigenvalue weighted by Gasteiger charge is 2.36. The Morgan fingerprint density at radius 3 is 2.43 bits per heavy atom. The van der Waals surface area contributed by atoms with Crippen LogP contribution in [0.5, 0.6) is 5.88 Å². The fourth-order valence-corrected chi connectivity index (χ4v) is 7.55. The molecule has 1 saturated carbocycles. The first-order valence-corrected chi connectivity index (χ1v) is 17.0. The van der Waals surface area contributed by atoms with E-state index in [0.29, 0.717) is 30.0 Å². The van der Waals surface area contributed by atoms with Crippen molar-refractivity contribution in [2.45, 2.75) is 90.2 Å². The highest BCUT2D eigenvalue weighted by atomic mass is 32.2. The zero-order chi connectivity index (χ0) is 31.6. The summed E-state index contributed by atoms with van der Waals surface area (Å²) in [6.07, 6.45) is 2.92. The number of hydrogen-bond donors (Lipinski definition) is 2. The monoisotopic (exact) mass is 620 g/mol. The van der Waals surface area contributed by atoms with Gasteiger partial charge in [0.25, 0.3) is 10.0 Å². The Bertz CT molecular complexity index is 1580. The van der Waals surface area contributed by atoms with Crippen molar-refractivity contribution in [3.05, 3.63) is 65.2 Å². The molecule has 1 unspecified atom stereocenters. The first-order chi connectivity index (χ1) is 20.9. The number of carbonyl (C=O) groups is 1. The minimum atomic E-state index is -3.97. The predicted molar refractivity (Wildman–Crippen MR) is 171 cm³/mol. The number of anilines is 1. The van der Waals surface area contributed by atoms with Gasteiger partial charge in [-0.3, -0.25) is 0 Å². The molecule has 2 atom stereocenters. The second-order valence-corrected chi connectivity index (χ2v) is 14.7. The van der Waals surface area contributed by atoms with Gasteiger partial charge in [0, 0.05) is 23.6 Å². The Labute approximate surface area is 261 Å². The Morgan fingerprint density at radius 2 is 1.75 bits per heavy atom. The van der Waals surface area contributed by atoms with Crippen LogP contribution in [0.3, 0.4) is 0 Å². The number of ether oxygens (including phenoxy) is 2. The number of alkyl carbamates (subject to hydrolysis) is 1. The zero-order valence-corrected chi connectivity index (χ0v) is 27.3. The number of rotatable bonds is 7. The molecule has 2 aliphatic rings. The molecule has 1 amide bonds. The highest BCUT2D eigenvalue weighted by molar-refractivity contribution is 7.92. The van der Waals surface area contributed by atoms with E-state index in [9.17, 15) is 13.2 Å². The van der Waals surface area contributed by atoms with Gasteiger partial charge >= 0.3 is 6.09 Å². The van der Waals surface area contributed by atoms with E-state index in [1.165, 1.54) is 0 Å². The Kier molecular flexibility index (Phi) is 9.48. The van der Waals surface area contributed by atoms with E-state index in [1.807, 2.05) is 58.0 Å². The summed E-state index contributed by atoms with van der Waals surface area (Å²) in [4.78, 5) is 21.4. The van der Waals surface area contributed by atoms with Crippen molar-refractivity contribution in [1.29, 1.82) is 0 Å². The molecule has 1 fully saturated rings. The molecule has 2 heterocycles. The number of nitrogens with one attached hydrogen (secondary N) is 2. The van der Waals surface area contributed by atoms with Gasteiger partial charge in [0.15, 0.2) is 0 Å². The van der Waals surface area contributed by atoms with Crippen LogP contribution in [0.25, 0.3) is 11.3 Å². The van der Waals surface area contributed by atoms with Gasteiger partial charge in [-0.2, -0.15) is 4.98 Å². The summed E-state index contributed by atoms with van der Waals surface area (Å²) in [7, 11) is -3.97. The molecule has 0 saturated heterocycles. The quantitative estimate of drug-likeness (QED) is 0.292. The van der Waals surface area contributed by atoms with Gasteiger partial charge in [0.1, 0.15) is 0 Å². The molecular weight excluding hydrogens is 576 g/mol. The molecule has 2 N–H and O–H groups in total. The van der Waals surface area contributed by atoms with E-state index in [1.54, 1.807) is 18.2 Å².